The van der Waals surface area contributed by atoms with Crippen LogP contribution >= 0.6 is 24.8 Å². The number of halogens is 2. The zero-order chi connectivity index (χ0) is 16.7. The molecule has 1 amide bonds. The Kier molecular flexibility index (Phi) is 8.27. The van der Waals surface area contributed by atoms with Crippen molar-refractivity contribution in [2.24, 2.45) is 24.1 Å². The number of nitrogens with two attached hydrogens (primary N) is 1. The molecule has 0 aromatic carbocycles. The van der Waals surface area contributed by atoms with E-state index in [1.165, 1.54) is 5.56 Å². The number of hydrogen-bond acceptors (Lipinski definition) is 3. The second kappa shape index (κ2) is 8.54. The van der Waals surface area contributed by atoms with Crippen molar-refractivity contribution in [2.45, 2.75) is 53.5 Å². The second-order valence-electron chi connectivity index (χ2n) is 7.52. The summed E-state index contributed by atoms with van der Waals surface area (Å²) in [6.45, 7) is 11.9. The van der Waals surface area contributed by atoms with E-state index in [0.29, 0.717) is 0 Å². The van der Waals surface area contributed by atoms with Crippen molar-refractivity contribution in [1.29, 1.82) is 0 Å². The van der Waals surface area contributed by atoms with Crippen molar-refractivity contribution in [3.63, 3.8) is 0 Å². The number of rotatable bonds is 3. The summed E-state index contributed by atoms with van der Waals surface area (Å²) < 4.78 is 1.89. The highest BCUT2D eigenvalue weighted by Gasteiger charge is 2.36. The highest BCUT2D eigenvalue weighted by atomic mass is 35.5. The molecule has 1 saturated heterocycles. The van der Waals surface area contributed by atoms with Crippen LogP contribution in [0.25, 0.3) is 0 Å². The van der Waals surface area contributed by atoms with Crippen molar-refractivity contribution < 1.29 is 4.79 Å². The van der Waals surface area contributed by atoms with Crippen LogP contribution < -0.4 is 5.73 Å². The molecular weight excluding hydrogens is 347 g/mol. The minimum Gasteiger partial charge on any atom is -0.342 e. The highest BCUT2D eigenvalue weighted by molar-refractivity contribution is 5.85. The minimum atomic E-state index is -0.0216. The third-order valence-corrected chi connectivity index (χ3v) is 5.21. The lowest BCUT2D eigenvalue weighted by molar-refractivity contribution is -0.138. The normalized spacial score (nSPS) is 20.8. The lowest BCUT2D eigenvalue weighted by Crippen LogP contribution is -2.55. The lowest BCUT2D eigenvalue weighted by atomic mass is 9.79. The topological polar surface area (TPSA) is 64.2 Å². The van der Waals surface area contributed by atoms with Gasteiger partial charge in [0.05, 0.1) is 5.69 Å². The van der Waals surface area contributed by atoms with Gasteiger partial charge in [-0.25, -0.2) is 0 Å². The molecule has 1 fully saturated rings. The van der Waals surface area contributed by atoms with Gasteiger partial charge in [0.1, 0.15) is 0 Å². The van der Waals surface area contributed by atoms with E-state index in [4.69, 9.17) is 5.73 Å². The van der Waals surface area contributed by atoms with Crippen LogP contribution in [0.5, 0.6) is 0 Å². The van der Waals surface area contributed by atoms with E-state index in [9.17, 15) is 4.79 Å². The fourth-order valence-corrected chi connectivity index (χ4v) is 3.38. The molecule has 0 spiro atoms. The Bertz CT molecular complexity index is 571. The molecule has 2 N–H and O–H groups in total. The third kappa shape index (κ3) is 4.64. The standard InChI is InChI=1S/C17H30N4O.2ClH/c1-11(9-14-12(2)19-20(6)13(14)3)16(22)21-8-7-15(18)17(4,5)10-21;;/h11,15H,7-10,18H2,1-6H3;2*1H. The smallest absolute Gasteiger partial charge is 0.225 e. The van der Waals surface area contributed by atoms with Gasteiger partial charge in [0.25, 0.3) is 0 Å². The second-order valence-corrected chi connectivity index (χ2v) is 7.52. The summed E-state index contributed by atoms with van der Waals surface area (Å²) in [5, 5.41) is 4.44. The van der Waals surface area contributed by atoms with Crippen LogP contribution in [0.1, 0.15) is 44.1 Å². The summed E-state index contributed by atoms with van der Waals surface area (Å²) in [7, 11) is 1.95. The molecule has 2 rings (SSSR count). The number of likely N-dealkylation sites (tertiary alicyclic amines) is 1. The molecule has 0 bridgehead atoms. The minimum absolute atomic E-state index is 0. The van der Waals surface area contributed by atoms with Gasteiger partial charge in [-0.1, -0.05) is 20.8 Å². The number of amides is 1. The maximum absolute atomic E-state index is 12.8. The molecule has 140 valence electrons. The Hall–Kier alpha value is -0.780. The van der Waals surface area contributed by atoms with Crippen LogP contribution in [0.4, 0.5) is 0 Å². The molecule has 2 unspecified atom stereocenters. The van der Waals surface area contributed by atoms with Crippen molar-refractivity contribution >= 4 is 30.7 Å². The van der Waals surface area contributed by atoms with Gasteiger partial charge in [-0.3, -0.25) is 9.48 Å². The van der Waals surface area contributed by atoms with Crippen molar-refractivity contribution in [3.05, 3.63) is 17.0 Å². The number of nitrogens with zero attached hydrogens (tertiary/aromatic N) is 3. The highest BCUT2D eigenvalue weighted by Crippen LogP contribution is 2.29. The molecule has 1 aromatic heterocycles. The average Bonchev–Trinajstić information content (AvgIpc) is 2.67. The van der Waals surface area contributed by atoms with Crippen molar-refractivity contribution in [1.82, 2.24) is 14.7 Å². The zero-order valence-corrected chi connectivity index (χ0v) is 17.3. The van der Waals surface area contributed by atoms with Gasteiger partial charge in [0, 0.05) is 37.8 Å². The zero-order valence-electron chi connectivity index (χ0n) is 15.6. The number of carbonyl (C=O) groups excluding carboxylic acids is 1. The molecule has 1 aliphatic rings. The van der Waals surface area contributed by atoms with E-state index in [2.05, 4.69) is 25.9 Å². The molecule has 24 heavy (non-hydrogen) atoms. The maximum Gasteiger partial charge on any atom is 0.225 e. The fourth-order valence-electron chi connectivity index (χ4n) is 3.38. The summed E-state index contributed by atoms with van der Waals surface area (Å²) in [5.74, 6) is 0.217. The van der Waals surface area contributed by atoms with Crippen LogP contribution in [0.2, 0.25) is 0 Å². The molecule has 5 nitrogen and oxygen atoms in total. The Labute approximate surface area is 158 Å². The first kappa shape index (κ1) is 23.2. The maximum atomic E-state index is 12.8. The first-order valence-corrected chi connectivity index (χ1v) is 8.17. The van der Waals surface area contributed by atoms with Crippen molar-refractivity contribution in [3.8, 4) is 0 Å². The largest absolute Gasteiger partial charge is 0.342 e. The molecule has 7 heteroatoms. The molecule has 0 aliphatic carbocycles. The van der Waals surface area contributed by atoms with E-state index in [0.717, 1.165) is 37.3 Å². The van der Waals surface area contributed by atoms with Gasteiger partial charge < -0.3 is 10.6 Å². The van der Waals surface area contributed by atoms with Crippen molar-refractivity contribution in [2.75, 3.05) is 13.1 Å². The number of aryl methyl sites for hydroxylation is 2. The Morgan fingerprint density at radius 1 is 1.38 bits per heavy atom. The first-order valence-electron chi connectivity index (χ1n) is 8.17. The monoisotopic (exact) mass is 378 g/mol. The predicted molar refractivity (Wildman–Crippen MR) is 103 cm³/mol. The Morgan fingerprint density at radius 3 is 2.42 bits per heavy atom. The molecule has 0 radical (unpaired) electrons. The Morgan fingerprint density at radius 2 is 1.96 bits per heavy atom. The summed E-state index contributed by atoms with van der Waals surface area (Å²) >= 11 is 0. The molecule has 2 atom stereocenters. The van der Waals surface area contributed by atoms with Gasteiger partial charge in [-0.2, -0.15) is 5.10 Å². The molecular formula is C17H32Cl2N4O. The van der Waals surface area contributed by atoms with E-state index in [1.807, 2.05) is 30.5 Å². The number of piperidine rings is 1. The quantitative estimate of drug-likeness (QED) is 0.878. The summed E-state index contributed by atoms with van der Waals surface area (Å²) in [4.78, 5) is 14.8. The van der Waals surface area contributed by atoms with Crippen LogP contribution in [-0.4, -0.2) is 39.7 Å². The van der Waals surface area contributed by atoms with Crippen LogP contribution in [0.3, 0.4) is 0 Å². The molecule has 0 saturated carbocycles. The van der Waals surface area contributed by atoms with E-state index >= 15 is 0 Å². The summed E-state index contributed by atoms with van der Waals surface area (Å²) in [6, 6.07) is 0.176. The average molecular weight is 379 g/mol. The SMILES string of the molecule is Cc1nn(C)c(C)c1CC(C)C(=O)N1CCC(N)C(C)(C)C1.Cl.Cl. The van der Waals surface area contributed by atoms with Crippen LogP contribution in [0, 0.1) is 25.2 Å². The van der Waals surface area contributed by atoms with E-state index in [1.54, 1.807) is 0 Å². The molecule has 2 heterocycles. The summed E-state index contributed by atoms with van der Waals surface area (Å²) in [6.07, 6.45) is 1.64. The molecule has 1 aliphatic heterocycles. The van der Waals surface area contributed by atoms with Gasteiger partial charge in [-0.15, -0.1) is 24.8 Å². The van der Waals surface area contributed by atoms with Crippen LogP contribution in [0.15, 0.2) is 0 Å². The van der Waals surface area contributed by atoms with E-state index < -0.39 is 0 Å². The number of hydrogen-bond donors (Lipinski definition) is 1. The molecule has 1 aromatic rings. The van der Waals surface area contributed by atoms with Gasteiger partial charge in [0.2, 0.25) is 5.91 Å². The Balaban J connectivity index is 0.00000264. The first-order chi connectivity index (χ1) is 10.1. The van der Waals surface area contributed by atoms with E-state index in [-0.39, 0.29) is 48.1 Å². The van der Waals surface area contributed by atoms with Crippen LogP contribution in [-0.2, 0) is 18.3 Å². The van der Waals surface area contributed by atoms with Gasteiger partial charge in [-0.05, 0) is 37.7 Å². The number of aromatic nitrogens is 2. The van der Waals surface area contributed by atoms with Gasteiger partial charge >= 0.3 is 0 Å². The fraction of sp³-hybridized carbons (Fsp3) is 0.765. The number of carbonyl (C=O) groups is 1. The predicted octanol–water partition coefficient (Wildman–Crippen LogP) is 2.64. The summed E-state index contributed by atoms with van der Waals surface area (Å²) in [5.41, 5.74) is 9.55. The third-order valence-electron chi connectivity index (χ3n) is 5.21. The lowest BCUT2D eigenvalue weighted by Gasteiger charge is -2.43. The van der Waals surface area contributed by atoms with Gasteiger partial charge in [0.15, 0.2) is 0 Å².